The highest BCUT2D eigenvalue weighted by Gasteiger charge is 2.18. The van der Waals surface area contributed by atoms with Crippen molar-refractivity contribution in [1.29, 1.82) is 0 Å². The first-order valence-corrected chi connectivity index (χ1v) is 6.03. The molecule has 1 aromatic heterocycles. The summed E-state index contributed by atoms with van der Waals surface area (Å²) in [5, 5.41) is 2.90. The zero-order chi connectivity index (χ0) is 14.0. The summed E-state index contributed by atoms with van der Waals surface area (Å²) >= 11 is 5.74. The summed E-state index contributed by atoms with van der Waals surface area (Å²) in [6, 6.07) is 3.35. The number of carbonyl (C=O) groups is 1. The van der Waals surface area contributed by atoms with Crippen LogP contribution in [0.2, 0.25) is 5.02 Å². The average molecular weight is 283 g/mol. The second kappa shape index (κ2) is 5.40. The van der Waals surface area contributed by atoms with E-state index >= 15 is 0 Å². The molecule has 0 saturated heterocycles. The minimum absolute atomic E-state index is 0.109. The topological polar surface area (TPSA) is 55.1 Å². The minimum Gasteiger partial charge on any atom is -0.444 e. The number of rotatable bonds is 3. The van der Waals surface area contributed by atoms with Crippen molar-refractivity contribution in [2.45, 2.75) is 19.9 Å². The number of benzene rings is 1. The zero-order valence-corrected chi connectivity index (χ0v) is 11.2. The molecule has 0 radical (unpaired) electrons. The van der Waals surface area contributed by atoms with Crippen molar-refractivity contribution in [3.05, 3.63) is 52.5 Å². The molecule has 1 atom stereocenters. The lowest BCUT2D eigenvalue weighted by Crippen LogP contribution is -2.27. The third kappa shape index (κ3) is 3.12. The van der Waals surface area contributed by atoms with E-state index < -0.39 is 17.8 Å². The molecule has 0 saturated carbocycles. The van der Waals surface area contributed by atoms with E-state index in [-0.39, 0.29) is 5.56 Å². The number of halogens is 2. The Morgan fingerprint density at radius 2 is 2.26 bits per heavy atom. The van der Waals surface area contributed by atoms with E-state index in [9.17, 15) is 9.18 Å². The van der Waals surface area contributed by atoms with Gasteiger partial charge in [-0.3, -0.25) is 4.79 Å². The van der Waals surface area contributed by atoms with Crippen LogP contribution in [0.1, 0.15) is 35.0 Å². The van der Waals surface area contributed by atoms with Gasteiger partial charge >= 0.3 is 0 Å². The van der Waals surface area contributed by atoms with Crippen LogP contribution < -0.4 is 5.32 Å². The summed E-state index contributed by atoms with van der Waals surface area (Å²) in [4.78, 5) is 15.9. The maximum Gasteiger partial charge on any atom is 0.254 e. The van der Waals surface area contributed by atoms with Gasteiger partial charge in [-0.2, -0.15) is 0 Å². The van der Waals surface area contributed by atoms with E-state index in [1.807, 2.05) is 0 Å². The van der Waals surface area contributed by atoms with Crippen LogP contribution in [-0.4, -0.2) is 10.9 Å². The molecule has 0 aliphatic heterocycles. The maximum absolute atomic E-state index is 13.5. The van der Waals surface area contributed by atoms with E-state index in [4.69, 9.17) is 16.0 Å². The number of nitrogens with one attached hydrogen (secondary N) is 1. The van der Waals surface area contributed by atoms with Gasteiger partial charge < -0.3 is 9.73 Å². The smallest absolute Gasteiger partial charge is 0.254 e. The van der Waals surface area contributed by atoms with Crippen molar-refractivity contribution in [2.24, 2.45) is 0 Å². The molecule has 0 spiro atoms. The van der Waals surface area contributed by atoms with Gasteiger partial charge in [-0.25, -0.2) is 9.37 Å². The molecular formula is C13H12ClFN2O2. The number of nitrogens with zero attached hydrogens (tertiary/aromatic N) is 1. The summed E-state index contributed by atoms with van der Waals surface area (Å²) in [6.07, 6.45) is 1.55. The van der Waals surface area contributed by atoms with Gasteiger partial charge in [-0.05, 0) is 32.0 Å². The number of aryl methyl sites for hydroxylation is 1. The van der Waals surface area contributed by atoms with Crippen LogP contribution in [0.4, 0.5) is 4.39 Å². The van der Waals surface area contributed by atoms with Gasteiger partial charge in [0, 0.05) is 5.02 Å². The predicted octanol–water partition coefficient (Wildman–Crippen LogP) is 3.27. The Labute approximate surface area is 114 Å². The molecule has 1 heterocycles. The van der Waals surface area contributed by atoms with Gasteiger partial charge in [-0.15, -0.1) is 0 Å². The van der Waals surface area contributed by atoms with E-state index in [0.29, 0.717) is 16.7 Å². The van der Waals surface area contributed by atoms with Crippen molar-refractivity contribution in [1.82, 2.24) is 10.3 Å². The molecule has 0 aliphatic rings. The van der Waals surface area contributed by atoms with Gasteiger partial charge in [0.1, 0.15) is 17.6 Å². The minimum atomic E-state index is -0.627. The van der Waals surface area contributed by atoms with Gasteiger partial charge in [0.2, 0.25) is 5.89 Å². The highest BCUT2D eigenvalue weighted by molar-refractivity contribution is 6.31. The molecule has 1 aromatic carbocycles. The van der Waals surface area contributed by atoms with Gasteiger partial charge in [0.25, 0.3) is 5.91 Å². The third-order valence-electron chi connectivity index (χ3n) is 2.53. The summed E-state index contributed by atoms with van der Waals surface area (Å²) < 4.78 is 18.8. The van der Waals surface area contributed by atoms with Crippen LogP contribution in [-0.2, 0) is 0 Å². The molecule has 0 fully saturated rings. The standard InChI is InChI=1S/C13H12ClFN2O2/c1-7-6-16-13(19-7)8(2)17-12(18)10-5-9(14)3-4-11(10)15/h3-6,8H,1-2H3,(H,17,18). The number of hydrogen-bond acceptors (Lipinski definition) is 3. The predicted molar refractivity (Wildman–Crippen MR) is 68.5 cm³/mol. The molecule has 1 unspecified atom stereocenters. The van der Waals surface area contributed by atoms with Gasteiger partial charge in [0.15, 0.2) is 0 Å². The van der Waals surface area contributed by atoms with Crippen LogP contribution in [0, 0.1) is 12.7 Å². The molecule has 6 heteroatoms. The fourth-order valence-electron chi connectivity index (χ4n) is 1.58. The Hall–Kier alpha value is -1.88. The second-order valence-corrected chi connectivity index (χ2v) is 4.56. The SMILES string of the molecule is Cc1cnc(C(C)NC(=O)c2cc(Cl)ccc2F)o1. The Bertz CT molecular complexity index is 612. The fourth-order valence-corrected chi connectivity index (χ4v) is 1.75. The zero-order valence-electron chi connectivity index (χ0n) is 10.4. The highest BCUT2D eigenvalue weighted by Crippen LogP contribution is 2.17. The molecule has 1 amide bonds. The fraction of sp³-hybridized carbons (Fsp3) is 0.231. The average Bonchev–Trinajstić information content (AvgIpc) is 2.79. The lowest BCUT2D eigenvalue weighted by Gasteiger charge is -2.11. The first-order chi connectivity index (χ1) is 8.97. The number of aromatic nitrogens is 1. The molecular weight excluding hydrogens is 271 g/mol. The summed E-state index contributed by atoms with van der Waals surface area (Å²) in [5.74, 6) is -0.181. The molecule has 2 aromatic rings. The van der Waals surface area contributed by atoms with Crippen LogP contribution in [0.25, 0.3) is 0 Å². The van der Waals surface area contributed by atoms with E-state index in [1.165, 1.54) is 12.1 Å². The second-order valence-electron chi connectivity index (χ2n) is 4.13. The van der Waals surface area contributed by atoms with E-state index in [1.54, 1.807) is 20.0 Å². The summed E-state index contributed by atoms with van der Waals surface area (Å²) in [5.41, 5.74) is -0.109. The maximum atomic E-state index is 13.5. The quantitative estimate of drug-likeness (QED) is 0.940. The molecule has 4 nitrogen and oxygen atoms in total. The van der Waals surface area contributed by atoms with Crippen LogP contribution in [0.3, 0.4) is 0 Å². The monoisotopic (exact) mass is 282 g/mol. The normalized spacial score (nSPS) is 12.2. The van der Waals surface area contributed by atoms with Crippen molar-refractivity contribution < 1.29 is 13.6 Å². The first kappa shape index (κ1) is 13.5. The first-order valence-electron chi connectivity index (χ1n) is 5.65. The Morgan fingerprint density at radius 1 is 1.53 bits per heavy atom. The molecule has 1 N–H and O–H groups in total. The third-order valence-corrected chi connectivity index (χ3v) is 2.77. The molecule has 0 bridgehead atoms. The number of carbonyl (C=O) groups excluding carboxylic acids is 1. The number of amides is 1. The van der Waals surface area contributed by atoms with Crippen LogP contribution >= 0.6 is 11.6 Å². The van der Waals surface area contributed by atoms with Crippen LogP contribution in [0.15, 0.2) is 28.8 Å². The largest absolute Gasteiger partial charge is 0.444 e. The summed E-state index contributed by atoms with van der Waals surface area (Å²) in [7, 11) is 0. The Kier molecular flexibility index (Phi) is 3.85. The van der Waals surface area contributed by atoms with Crippen molar-refractivity contribution in [3.8, 4) is 0 Å². The lowest BCUT2D eigenvalue weighted by molar-refractivity contribution is 0.0930. The number of oxazole rings is 1. The van der Waals surface area contributed by atoms with Crippen molar-refractivity contribution >= 4 is 17.5 Å². The molecule has 100 valence electrons. The molecule has 0 aliphatic carbocycles. The van der Waals surface area contributed by atoms with E-state index in [0.717, 1.165) is 6.07 Å². The van der Waals surface area contributed by atoms with Gasteiger partial charge in [0.05, 0.1) is 11.8 Å². The highest BCUT2D eigenvalue weighted by atomic mass is 35.5. The lowest BCUT2D eigenvalue weighted by atomic mass is 10.2. The van der Waals surface area contributed by atoms with Crippen LogP contribution in [0.5, 0.6) is 0 Å². The van der Waals surface area contributed by atoms with Gasteiger partial charge in [-0.1, -0.05) is 11.6 Å². The number of hydrogen-bond donors (Lipinski definition) is 1. The van der Waals surface area contributed by atoms with E-state index in [2.05, 4.69) is 10.3 Å². The Balaban J connectivity index is 2.15. The van der Waals surface area contributed by atoms with Crippen molar-refractivity contribution in [3.63, 3.8) is 0 Å². The molecule has 2 rings (SSSR count). The Morgan fingerprint density at radius 3 is 2.89 bits per heavy atom. The van der Waals surface area contributed by atoms with Crippen molar-refractivity contribution in [2.75, 3.05) is 0 Å². The summed E-state index contributed by atoms with van der Waals surface area (Å²) in [6.45, 7) is 3.45. The molecule has 19 heavy (non-hydrogen) atoms.